The first-order chi connectivity index (χ1) is 17.4. The van der Waals surface area contributed by atoms with Crippen LogP contribution in [0.15, 0.2) is 47.2 Å². The van der Waals surface area contributed by atoms with Gasteiger partial charge in [0.2, 0.25) is 11.8 Å². The highest BCUT2D eigenvalue weighted by molar-refractivity contribution is 5.80. The molecule has 1 aromatic heterocycles. The molecule has 0 radical (unpaired) electrons. The number of benzene rings is 1. The van der Waals surface area contributed by atoms with Gasteiger partial charge in [0.1, 0.15) is 6.26 Å². The molecule has 1 N–H and O–H groups in total. The monoisotopic (exact) mass is 493 g/mol. The zero-order valence-corrected chi connectivity index (χ0v) is 21.6. The van der Waals surface area contributed by atoms with E-state index in [4.69, 9.17) is 4.42 Å². The Kier molecular flexibility index (Phi) is 7.06. The summed E-state index contributed by atoms with van der Waals surface area (Å²) in [5, 5.41) is 2.85. The van der Waals surface area contributed by atoms with E-state index in [-0.39, 0.29) is 36.0 Å². The Balaban J connectivity index is 1.27. The number of oxazole rings is 1. The van der Waals surface area contributed by atoms with Crippen molar-refractivity contribution in [3.8, 4) is 0 Å². The molecular formula is C28H39N5O3. The zero-order valence-electron chi connectivity index (χ0n) is 21.6. The highest BCUT2D eigenvalue weighted by Gasteiger charge is 2.54. The summed E-state index contributed by atoms with van der Waals surface area (Å²) in [5.41, 5.74) is 1.21. The van der Waals surface area contributed by atoms with Crippen LogP contribution in [0.5, 0.6) is 0 Å². The summed E-state index contributed by atoms with van der Waals surface area (Å²) in [7, 11) is 4.36. The number of rotatable bonds is 9. The van der Waals surface area contributed by atoms with Gasteiger partial charge in [0, 0.05) is 31.6 Å². The van der Waals surface area contributed by atoms with Crippen LogP contribution in [0.4, 0.5) is 4.79 Å². The molecule has 3 amide bonds. The molecule has 1 aromatic carbocycles. The number of aromatic nitrogens is 1. The van der Waals surface area contributed by atoms with Crippen molar-refractivity contribution < 1.29 is 14.0 Å². The fraction of sp³-hybridized carbons (Fsp3) is 0.607. The van der Waals surface area contributed by atoms with E-state index in [1.54, 1.807) is 6.20 Å². The van der Waals surface area contributed by atoms with Crippen molar-refractivity contribution in [2.75, 3.05) is 33.7 Å². The van der Waals surface area contributed by atoms with Crippen LogP contribution in [0.3, 0.4) is 0 Å². The molecule has 3 fully saturated rings. The largest absolute Gasteiger partial charge is 0.447 e. The molecule has 1 spiro atoms. The lowest BCUT2D eigenvalue weighted by Crippen LogP contribution is -2.56. The maximum Gasteiger partial charge on any atom is 0.320 e. The molecule has 0 unspecified atom stereocenters. The van der Waals surface area contributed by atoms with E-state index in [0.717, 1.165) is 32.2 Å². The molecule has 1 saturated heterocycles. The summed E-state index contributed by atoms with van der Waals surface area (Å²) in [5.74, 6) is 1.01. The third-order valence-electron chi connectivity index (χ3n) is 8.93. The highest BCUT2D eigenvalue weighted by Crippen LogP contribution is 2.49. The SMILES string of the molecule is CN(C)[C@]1(c2ccccc2)CC[C@@]2(CC1)CN(CCC(=O)NCc1ncco1)C(=O)N2CC1CCC1. The van der Waals surface area contributed by atoms with E-state index in [0.29, 0.717) is 24.9 Å². The van der Waals surface area contributed by atoms with Gasteiger partial charge in [0.25, 0.3) is 0 Å². The Bertz CT molecular complexity index is 1030. The van der Waals surface area contributed by atoms with Crippen molar-refractivity contribution >= 4 is 11.9 Å². The van der Waals surface area contributed by atoms with Crippen molar-refractivity contribution in [1.29, 1.82) is 0 Å². The molecule has 1 aliphatic heterocycles. The number of amides is 3. The number of carbonyl (C=O) groups is 2. The number of carbonyl (C=O) groups excluding carboxylic acids is 2. The third-order valence-corrected chi connectivity index (χ3v) is 8.93. The van der Waals surface area contributed by atoms with Crippen molar-refractivity contribution in [3.63, 3.8) is 0 Å². The summed E-state index contributed by atoms with van der Waals surface area (Å²) in [6, 6.07) is 10.9. The lowest BCUT2D eigenvalue weighted by atomic mass is 9.68. The number of nitrogens with zero attached hydrogens (tertiary/aromatic N) is 4. The smallest absolute Gasteiger partial charge is 0.320 e. The molecule has 8 nitrogen and oxygen atoms in total. The molecule has 5 rings (SSSR count). The van der Waals surface area contributed by atoms with Gasteiger partial charge in [-0.25, -0.2) is 9.78 Å². The lowest BCUT2D eigenvalue weighted by molar-refractivity contribution is -0.121. The number of hydrogen-bond donors (Lipinski definition) is 1. The third kappa shape index (κ3) is 4.75. The Morgan fingerprint density at radius 2 is 1.92 bits per heavy atom. The second kappa shape index (κ2) is 10.2. The molecular weight excluding hydrogens is 454 g/mol. The van der Waals surface area contributed by atoms with Gasteiger partial charge in [-0.15, -0.1) is 0 Å². The average Bonchev–Trinajstić information content (AvgIpc) is 3.47. The molecule has 2 heterocycles. The fourth-order valence-corrected chi connectivity index (χ4v) is 6.40. The molecule has 194 valence electrons. The van der Waals surface area contributed by atoms with Gasteiger partial charge in [-0.3, -0.25) is 9.69 Å². The summed E-state index contributed by atoms with van der Waals surface area (Å²) < 4.78 is 5.19. The Morgan fingerprint density at radius 3 is 2.53 bits per heavy atom. The van der Waals surface area contributed by atoms with Crippen LogP contribution in [0, 0.1) is 5.92 Å². The lowest BCUT2D eigenvalue weighted by Gasteiger charge is -2.51. The minimum atomic E-state index is -0.143. The molecule has 2 aromatic rings. The van der Waals surface area contributed by atoms with Crippen LogP contribution < -0.4 is 5.32 Å². The highest BCUT2D eigenvalue weighted by atomic mass is 16.3. The van der Waals surface area contributed by atoms with Crippen molar-refractivity contribution in [3.05, 3.63) is 54.2 Å². The predicted molar refractivity (Wildman–Crippen MR) is 137 cm³/mol. The van der Waals surface area contributed by atoms with E-state index in [1.165, 1.54) is 31.1 Å². The van der Waals surface area contributed by atoms with E-state index in [9.17, 15) is 9.59 Å². The van der Waals surface area contributed by atoms with Crippen LogP contribution in [0.2, 0.25) is 0 Å². The standard InChI is InChI=1S/C28H39N5O3/c1-31(2)28(23-9-4-3-5-10-23)14-12-27(13-15-28)21-32(26(35)33(27)20-22-7-6-8-22)17-11-24(34)30-19-25-29-16-18-36-25/h3-5,9-10,16,18,22H,6-8,11-15,17,19-21H2,1-2H3,(H,30,34)/t27-,28-. The molecule has 0 bridgehead atoms. The predicted octanol–water partition coefficient (Wildman–Crippen LogP) is 3.99. The van der Waals surface area contributed by atoms with Crippen LogP contribution in [-0.4, -0.2) is 70.9 Å². The summed E-state index contributed by atoms with van der Waals surface area (Å²) in [6.45, 7) is 2.27. The first-order valence-corrected chi connectivity index (χ1v) is 13.4. The van der Waals surface area contributed by atoms with Crippen molar-refractivity contribution in [2.24, 2.45) is 5.92 Å². The van der Waals surface area contributed by atoms with Gasteiger partial charge < -0.3 is 19.5 Å². The quantitative estimate of drug-likeness (QED) is 0.571. The van der Waals surface area contributed by atoms with Crippen LogP contribution in [-0.2, 0) is 16.9 Å². The van der Waals surface area contributed by atoms with Gasteiger partial charge in [-0.1, -0.05) is 36.8 Å². The van der Waals surface area contributed by atoms with Crippen molar-refractivity contribution in [2.45, 2.75) is 69.0 Å². The van der Waals surface area contributed by atoms with Crippen LogP contribution >= 0.6 is 0 Å². The van der Waals surface area contributed by atoms with Gasteiger partial charge in [0.05, 0.1) is 18.3 Å². The molecule has 8 heteroatoms. The maximum absolute atomic E-state index is 13.7. The topological polar surface area (TPSA) is 81.9 Å². The van der Waals surface area contributed by atoms with Gasteiger partial charge in [-0.05, 0) is 64.1 Å². The molecule has 36 heavy (non-hydrogen) atoms. The van der Waals surface area contributed by atoms with Gasteiger partial charge in [0.15, 0.2) is 0 Å². The van der Waals surface area contributed by atoms with Crippen LogP contribution in [0.1, 0.15) is 62.8 Å². The fourth-order valence-electron chi connectivity index (χ4n) is 6.40. The van der Waals surface area contributed by atoms with Crippen LogP contribution in [0.25, 0.3) is 0 Å². The number of hydrogen-bond acceptors (Lipinski definition) is 5. The van der Waals surface area contributed by atoms with E-state index >= 15 is 0 Å². The van der Waals surface area contributed by atoms with Crippen molar-refractivity contribution in [1.82, 2.24) is 25.0 Å². The summed E-state index contributed by atoms with van der Waals surface area (Å²) in [4.78, 5) is 36.7. The Hall–Kier alpha value is -2.87. The van der Waals surface area contributed by atoms with E-state index < -0.39 is 0 Å². The normalized spacial score (nSPS) is 26.6. The minimum Gasteiger partial charge on any atom is -0.447 e. The zero-order chi connectivity index (χ0) is 25.2. The number of nitrogens with one attached hydrogen (secondary N) is 1. The Labute approximate surface area is 214 Å². The molecule has 0 atom stereocenters. The summed E-state index contributed by atoms with van der Waals surface area (Å²) >= 11 is 0. The van der Waals surface area contributed by atoms with Gasteiger partial charge >= 0.3 is 6.03 Å². The second-order valence-electron chi connectivity index (χ2n) is 11.1. The Morgan fingerprint density at radius 1 is 1.17 bits per heavy atom. The number of urea groups is 1. The van der Waals surface area contributed by atoms with E-state index in [2.05, 4.69) is 64.5 Å². The van der Waals surface area contributed by atoms with Gasteiger partial charge in [-0.2, -0.15) is 0 Å². The minimum absolute atomic E-state index is 0.00904. The maximum atomic E-state index is 13.7. The molecule has 3 aliphatic rings. The first-order valence-electron chi connectivity index (χ1n) is 13.4. The summed E-state index contributed by atoms with van der Waals surface area (Å²) in [6.07, 6.45) is 11.0. The first kappa shape index (κ1) is 24.8. The molecule has 2 aliphatic carbocycles. The van der Waals surface area contributed by atoms with E-state index in [1.807, 2.05) is 4.90 Å². The second-order valence-corrected chi connectivity index (χ2v) is 11.1. The average molecular weight is 494 g/mol. The molecule has 2 saturated carbocycles.